The lowest BCUT2D eigenvalue weighted by atomic mass is 10.1. The van der Waals surface area contributed by atoms with Crippen LogP contribution in [-0.2, 0) is 11.0 Å². The van der Waals surface area contributed by atoms with Crippen LogP contribution in [0.1, 0.15) is 28.4 Å². The van der Waals surface area contributed by atoms with E-state index in [4.69, 9.17) is 0 Å². The number of hydrogen-bond acceptors (Lipinski definition) is 3. The van der Waals surface area contributed by atoms with Crippen LogP contribution in [0.5, 0.6) is 0 Å². The zero-order valence-electron chi connectivity index (χ0n) is 15.8. The third-order valence-corrected chi connectivity index (χ3v) is 4.91. The van der Waals surface area contributed by atoms with Crippen molar-refractivity contribution in [2.45, 2.75) is 24.9 Å². The molecule has 0 aliphatic carbocycles. The molecule has 0 aliphatic heterocycles. The summed E-state index contributed by atoms with van der Waals surface area (Å²) in [5.74, 6) is -1.03. The molecule has 2 aromatic carbocycles. The van der Waals surface area contributed by atoms with Gasteiger partial charge in [0.2, 0.25) is 5.91 Å². The molecule has 2 amide bonds. The number of amides is 2. The van der Waals surface area contributed by atoms with Crippen molar-refractivity contribution in [3.05, 3.63) is 59.2 Å². The minimum Gasteiger partial charge on any atom is -0.330 e. The largest absolute Gasteiger partial charge is 0.418 e. The number of carbonyl (C=O) groups is 2. The quantitative estimate of drug-likeness (QED) is 0.694. The maximum atomic E-state index is 13.1. The highest BCUT2D eigenvalue weighted by atomic mass is 32.2. The first-order chi connectivity index (χ1) is 13.2. The third kappa shape index (κ3) is 5.28. The van der Waals surface area contributed by atoms with Crippen molar-refractivity contribution in [2.24, 2.45) is 0 Å². The van der Waals surface area contributed by atoms with Crippen LogP contribution in [0.15, 0.2) is 47.4 Å². The first kappa shape index (κ1) is 21.8. The normalized spacial score (nSPS) is 11.2. The number of nitrogens with zero attached hydrogens (tertiary/aromatic N) is 1. The monoisotopic (exact) mass is 410 g/mol. The molecular weight excluding hydrogens is 389 g/mol. The van der Waals surface area contributed by atoms with Crippen LogP contribution in [0.2, 0.25) is 0 Å². The lowest BCUT2D eigenvalue weighted by Gasteiger charge is -2.22. The molecule has 0 unspecified atom stereocenters. The van der Waals surface area contributed by atoms with Crippen LogP contribution in [-0.4, -0.2) is 36.1 Å². The van der Waals surface area contributed by atoms with Crippen LogP contribution >= 0.6 is 11.8 Å². The molecule has 0 aliphatic rings. The Bertz CT molecular complexity index is 869. The van der Waals surface area contributed by atoms with E-state index in [9.17, 15) is 22.8 Å². The number of nitrogens with one attached hydrogen (secondary N) is 1. The standard InChI is InChI=1S/C20H21F3N2O2S/c1-4-25(19(27)15-11-14(28-3)10-9-13(15)2)12-18(26)24-17-8-6-5-7-16(17)20(21,22)23/h5-11H,4,12H2,1-3H3,(H,24,26). The summed E-state index contributed by atoms with van der Waals surface area (Å²) in [5.41, 5.74) is -0.0217. The summed E-state index contributed by atoms with van der Waals surface area (Å²) < 4.78 is 39.2. The summed E-state index contributed by atoms with van der Waals surface area (Å²) in [6, 6.07) is 10.2. The van der Waals surface area contributed by atoms with E-state index in [1.165, 1.54) is 34.9 Å². The average Bonchev–Trinajstić information content (AvgIpc) is 2.65. The molecule has 0 atom stereocenters. The zero-order chi connectivity index (χ0) is 20.9. The Hall–Kier alpha value is -2.48. The molecule has 0 heterocycles. The predicted molar refractivity (Wildman–Crippen MR) is 105 cm³/mol. The van der Waals surface area contributed by atoms with Gasteiger partial charge in [0.1, 0.15) is 6.54 Å². The number of anilines is 1. The minimum atomic E-state index is -4.58. The van der Waals surface area contributed by atoms with Gasteiger partial charge in [-0.3, -0.25) is 9.59 Å². The summed E-state index contributed by atoms with van der Waals surface area (Å²) in [6.07, 6.45) is -2.69. The smallest absolute Gasteiger partial charge is 0.330 e. The fourth-order valence-electron chi connectivity index (χ4n) is 2.66. The van der Waals surface area contributed by atoms with Crippen LogP contribution < -0.4 is 5.32 Å². The van der Waals surface area contributed by atoms with E-state index in [0.29, 0.717) is 5.56 Å². The lowest BCUT2D eigenvalue weighted by Crippen LogP contribution is -2.38. The van der Waals surface area contributed by atoms with Gasteiger partial charge >= 0.3 is 6.18 Å². The summed E-state index contributed by atoms with van der Waals surface area (Å²) in [5, 5.41) is 2.27. The number of thioether (sulfide) groups is 1. The molecule has 1 N–H and O–H groups in total. The summed E-state index contributed by atoms with van der Waals surface area (Å²) in [4.78, 5) is 27.4. The second-order valence-corrected chi connectivity index (χ2v) is 6.97. The zero-order valence-corrected chi connectivity index (χ0v) is 16.6. The van der Waals surface area contributed by atoms with Crippen LogP contribution in [0.4, 0.5) is 18.9 Å². The van der Waals surface area contributed by atoms with Gasteiger partial charge in [-0.1, -0.05) is 18.2 Å². The molecule has 8 heteroatoms. The lowest BCUT2D eigenvalue weighted by molar-refractivity contribution is -0.137. The van der Waals surface area contributed by atoms with Gasteiger partial charge in [0.15, 0.2) is 0 Å². The molecule has 2 aromatic rings. The van der Waals surface area contributed by atoms with Gasteiger partial charge in [-0.05, 0) is 49.9 Å². The Morgan fingerprint density at radius 1 is 1.14 bits per heavy atom. The molecule has 4 nitrogen and oxygen atoms in total. The molecule has 0 spiro atoms. The highest BCUT2D eigenvalue weighted by Crippen LogP contribution is 2.34. The molecule has 28 heavy (non-hydrogen) atoms. The number of para-hydroxylation sites is 1. The van der Waals surface area contributed by atoms with Crippen molar-refractivity contribution in [1.29, 1.82) is 0 Å². The predicted octanol–water partition coefficient (Wildman–Crippen LogP) is 4.84. The number of likely N-dealkylation sites (N-methyl/N-ethyl adjacent to an activating group) is 1. The number of rotatable bonds is 6. The second kappa shape index (κ2) is 9.14. The number of halogens is 3. The van der Waals surface area contributed by atoms with Gasteiger partial charge in [-0.2, -0.15) is 13.2 Å². The molecule has 2 rings (SSSR count). The first-order valence-corrected chi connectivity index (χ1v) is 9.79. The first-order valence-electron chi connectivity index (χ1n) is 8.57. The maximum Gasteiger partial charge on any atom is 0.418 e. The number of hydrogen-bond donors (Lipinski definition) is 1. The van der Waals surface area contributed by atoms with E-state index in [-0.39, 0.29) is 24.7 Å². The van der Waals surface area contributed by atoms with Crippen molar-refractivity contribution >= 4 is 29.3 Å². The highest BCUT2D eigenvalue weighted by molar-refractivity contribution is 7.98. The van der Waals surface area contributed by atoms with Gasteiger partial charge in [-0.25, -0.2) is 0 Å². The molecule has 0 radical (unpaired) electrons. The Labute approximate surface area is 166 Å². The van der Waals surface area contributed by atoms with Crippen LogP contribution in [0.25, 0.3) is 0 Å². The van der Waals surface area contributed by atoms with E-state index in [1.54, 1.807) is 19.9 Å². The van der Waals surface area contributed by atoms with Gasteiger partial charge < -0.3 is 10.2 Å². The fraction of sp³-hybridized carbons (Fsp3) is 0.300. The van der Waals surface area contributed by atoms with Crippen molar-refractivity contribution in [3.8, 4) is 0 Å². The molecule has 150 valence electrons. The van der Waals surface area contributed by atoms with E-state index in [1.807, 2.05) is 18.4 Å². The van der Waals surface area contributed by atoms with Gasteiger partial charge in [0.05, 0.1) is 11.3 Å². The van der Waals surface area contributed by atoms with Gasteiger partial charge in [-0.15, -0.1) is 11.8 Å². The van der Waals surface area contributed by atoms with E-state index in [0.717, 1.165) is 16.5 Å². The Morgan fingerprint density at radius 2 is 1.82 bits per heavy atom. The summed E-state index contributed by atoms with van der Waals surface area (Å²) in [7, 11) is 0. The molecule has 0 bridgehead atoms. The molecular formula is C20H21F3N2O2S. The molecule has 0 fully saturated rings. The number of aryl methyl sites for hydroxylation is 1. The van der Waals surface area contributed by atoms with E-state index in [2.05, 4.69) is 5.32 Å². The fourth-order valence-corrected chi connectivity index (χ4v) is 3.10. The number of carbonyl (C=O) groups excluding carboxylic acids is 2. The van der Waals surface area contributed by atoms with Gasteiger partial charge in [0.25, 0.3) is 5.91 Å². The van der Waals surface area contributed by atoms with Crippen LogP contribution in [0.3, 0.4) is 0 Å². The Kier molecular flexibility index (Phi) is 7.12. The summed E-state index contributed by atoms with van der Waals surface area (Å²) >= 11 is 1.49. The van der Waals surface area contributed by atoms with Crippen molar-refractivity contribution < 1.29 is 22.8 Å². The van der Waals surface area contributed by atoms with Crippen LogP contribution in [0, 0.1) is 6.92 Å². The average molecular weight is 410 g/mol. The van der Waals surface area contributed by atoms with Crippen molar-refractivity contribution in [3.63, 3.8) is 0 Å². The summed E-state index contributed by atoms with van der Waals surface area (Å²) in [6.45, 7) is 3.41. The van der Waals surface area contributed by atoms with E-state index >= 15 is 0 Å². The third-order valence-electron chi connectivity index (χ3n) is 4.19. The second-order valence-electron chi connectivity index (χ2n) is 6.09. The van der Waals surface area contributed by atoms with Gasteiger partial charge in [0, 0.05) is 17.0 Å². The number of alkyl halides is 3. The Morgan fingerprint density at radius 3 is 2.43 bits per heavy atom. The number of benzene rings is 2. The molecule has 0 saturated carbocycles. The highest BCUT2D eigenvalue weighted by Gasteiger charge is 2.33. The molecule has 0 saturated heterocycles. The SMILES string of the molecule is CCN(CC(=O)Nc1ccccc1C(F)(F)F)C(=O)c1cc(SC)ccc1C. The van der Waals surface area contributed by atoms with Crippen molar-refractivity contribution in [2.75, 3.05) is 24.7 Å². The Balaban J connectivity index is 2.18. The maximum absolute atomic E-state index is 13.1. The minimum absolute atomic E-state index is 0.246. The van der Waals surface area contributed by atoms with Crippen molar-refractivity contribution in [1.82, 2.24) is 4.90 Å². The topological polar surface area (TPSA) is 49.4 Å². The molecule has 0 aromatic heterocycles. The van der Waals surface area contributed by atoms with E-state index < -0.39 is 17.6 Å².